The molecule has 6 heterocycles. The lowest BCUT2D eigenvalue weighted by molar-refractivity contribution is -0.135. The number of imidazole rings is 1. The number of nitrogens with zero attached hydrogens (tertiary/aromatic N) is 7. The highest BCUT2D eigenvalue weighted by Crippen LogP contribution is 2.52. The van der Waals surface area contributed by atoms with Gasteiger partial charge in [0, 0.05) is 61.5 Å². The highest BCUT2D eigenvalue weighted by molar-refractivity contribution is 6.09. The third-order valence-electron chi connectivity index (χ3n) is 11.8. The van der Waals surface area contributed by atoms with Gasteiger partial charge in [-0.15, -0.1) is 0 Å². The number of piperidine rings is 2. The molecule has 2 saturated heterocycles. The predicted octanol–water partition coefficient (Wildman–Crippen LogP) is 7.44. The molecule has 1 aromatic carbocycles. The summed E-state index contributed by atoms with van der Waals surface area (Å²) in [5.41, 5.74) is 4.40. The normalized spacial score (nSPS) is 21.5. The summed E-state index contributed by atoms with van der Waals surface area (Å²) in [6, 6.07) is 10.4. The number of fused-ring (bicyclic) bond motifs is 3. The van der Waals surface area contributed by atoms with Crippen LogP contribution in [0, 0.1) is 5.82 Å². The summed E-state index contributed by atoms with van der Waals surface area (Å²) in [6.45, 7) is 10.5. The van der Waals surface area contributed by atoms with Crippen LogP contribution in [0.3, 0.4) is 0 Å². The Labute approximate surface area is 302 Å². The van der Waals surface area contributed by atoms with Crippen molar-refractivity contribution >= 4 is 40.0 Å². The minimum atomic E-state index is -0.733. The fraction of sp³-hybridized carbons (Fsp3) is 0.475. The Morgan fingerprint density at radius 2 is 1.81 bits per heavy atom. The van der Waals surface area contributed by atoms with Gasteiger partial charge >= 0.3 is 0 Å². The second-order valence-corrected chi connectivity index (χ2v) is 15.2. The Morgan fingerprint density at radius 3 is 2.52 bits per heavy atom. The van der Waals surface area contributed by atoms with E-state index in [9.17, 15) is 18.4 Å². The van der Waals surface area contributed by atoms with Crippen LogP contribution in [0.5, 0.6) is 0 Å². The first-order valence-electron chi connectivity index (χ1n) is 18.7. The van der Waals surface area contributed by atoms with Gasteiger partial charge in [-0.1, -0.05) is 25.1 Å². The number of hydrogen-bond acceptors (Lipinski definition) is 7. The second-order valence-electron chi connectivity index (χ2n) is 15.2. The maximum atomic E-state index is 14.8. The second kappa shape index (κ2) is 13.7. The largest absolute Gasteiger partial charge is 0.343 e. The fourth-order valence-electron chi connectivity index (χ4n) is 8.78. The molecule has 2 amide bonds. The van der Waals surface area contributed by atoms with Crippen LogP contribution in [0.4, 0.5) is 26.0 Å². The number of anilines is 3. The molecule has 1 N–H and O–H groups in total. The molecule has 3 fully saturated rings. The van der Waals surface area contributed by atoms with Gasteiger partial charge in [-0.2, -0.15) is 0 Å². The Morgan fingerprint density at radius 1 is 1.04 bits per heavy atom. The van der Waals surface area contributed by atoms with Crippen LogP contribution in [0.15, 0.2) is 61.5 Å². The Balaban J connectivity index is 1.16. The van der Waals surface area contributed by atoms with E-state index in [1.165, 1.54) is 31.7 Å². The van der Waals surface area contributed by atoms with Gasteiger partial charge in [0.15, 0.2) is 11.6 Å². The lowest BCUT2D eigenvalue weighted by Gasteiger charge is -2.48. The van der Waals surface area contributed by atoms with Crippen LogP contribution in [0.2, 0.25) is 0 Å². The van der Waals surface area contributed by atoms with Gasteiger partial charge in [0.25, 0.3) is 0 Å². The molecule has 4 aliphatic rings. The monoisotopic (exact) mass is 708 g/mol. The van der Waals surface area contributed by atoms with E-state index in [1.54, 1.807) is 17.3 Å². The number of likely N-dealkylation sites (tertiary alicyclic amines) is 2. The standard InChI is InChI=1S/C40H46F2N8O2/c1-25(2)49-24-44-34-22-33(46-38(37(34)49)45-32-11-14-43-23-31(32)42)27-8-9-30-35(19-27)50(29-20-28(21-29)47-15-5-4-6-16-47)39(52)40(30)12-17-48(18-13-40)36(51)10-7-26(3)41/h8-9,11,14,19,22-25,28-29H,3-7,10,12-13,15-18,20-21H2,1-2H3,(H,43,45,46). The molecule has 0 radical (unpaired) electrons. The van der Waals surface area contributed by atoms with Crippen LogP contribution in [0.1, 0.15) is 83.2 Å². The SMILES string of the molecule is C=C(F)CCC(=O)N1CCC2(CC1)C(=O)N(C1CC(N3CCCCC3)C1)c1cc(-c3cc4ncn(C(C)C)c4c(Nc4ccncc4F)n3)ccc12. The van der Waals surface area contributed by atoms with Crippen molar-refractivity contribution in [3.05, 3.63) is 72.8 Å². The number of pyridine rings is 2. The maximum absolute atomic E-state index is 14.8. The van der Waals surface area contributed by atoms with E-state index in [4.69, 9.17) is 9.97 Å². The first-order valence-corrected chi connectivity index (χ1v) is 18.7. The number of amides is 2. The number of rotatable bonds is 9. The number of allylic oxidation sites excluding steroid dienone is 1. The number of hydrogen-bond donors (Lipinski definition) is 1. The van der Waals surface area contributed by atoms with Gasteiger partial charge < -0.3 is 24.6 Å². The van der Waals surface area contributed by atoms with Crippen molar-refractivity contribution in [2.75, 3.05) is 36.4 Å². The van der Waals surface area contributed by atoms with Crippen LogP contribution < -0.4 is 10.2 Å². The number of nitrogens with one attached hydrogen (secondary N) is 1. The number of benzene rings is 1. The van der Waals surface area contributed by atoms with Crippen molar-refractivity contribution < 1.29 is 18.4 Å². The van der Waals surface area contributed by atoms with Crippen LogP contribution >= 0.6 is 0 Å². The van der Waals surface area contributed by atoms with Crippen molar-refractivity contribution in [1.29, 1.82) is 0 Å². The summed E-state index contributed by atoms with van der Waals surface area (Å²) in [7, 11) is 0. The number of aromatic nitrogens is 4. The third-order valence-corrected chi connectivity index (χ3v) is 11.8. The summed E-state index contributed by atoms with van der Waals surface area (Å²) in [5, 5.41) is 3.21. The highest BCUT2D eigenvalue weighted by Gasteiger charge is 2.55. The van der Waals surface area contributed by atoms with Crippen molar-refractivity contribution in [3.8, 4) is 11.3 Å². The molecule has 3 aromatic heterocycles. The Bertz CT molecular complexity index is 2020. The molecular formula is C40H46F2N8O2. The van der Waals surface area contributed by atoms with E-state index in [1.807, 2.05) is 16.7 Å². The zero-order valence-electron chi connectivity index (χ0n) is 30.0. The molecule has 12 heteroatoms. The molecule has 272 valence electrons. The van der Waals surface area contributed by atoms with E-state index in [0.717, 1.165) is 53.8 Å². The summed E-state index contributed by atoms with van der Waals surface area (Å²) in [4.78, 5) is 47.8. The predicted molar refractivity (Wildman–Crippen MR) is 198 cm³/mol. The molecule has 0 atom stereocenters. The van der Waals surface area contributed by atoms with Crippen LogP contribution in [-0.4, -0.2) is 79.4 Å². The molecule has 10 nitrogen and oxygen atoms in total. The third kappa shape index (κ3) is 6.04. The van der Waals surface area contributed by atoms with Crippen molar-refractivity contribution in [2.24, 2.45) is 0 Å². The van der Waals surface area contributed by atoms with E-state index in [0.29, 0.717) is 43.5 Å². The van der Waals surface area contributed by atoms with Gasteiger partial charge in [0.05, 0.1) is 40.7 Å². The Kier molecular flexibility index (Phi) is 9.05. The molecule has 52 heavy (non-hydrogen) atoms. The van der Waals surface area contributed by atoms with Crippen molar-refractivity contribution in [2.45, 2.75) is 95.2 Å². The summed E-state index contributed by atoms with van der Waals surface area (Å²) in [6.07, 6.45) is 11.2. The molecule has 1 spiro atoms. The summed E-state index contributed by atoms with van der Waals surface area (Å²) < 4.78 is 30.2. The van der Waals surface area contributed by atoms with Crippen LogP contribution in [0.25, 0.3) is 22.3 Å². The lowest BCUT2D eigenvalue weighted by Crippen LogP contribution is -2.58. The average molecular weight is 709 g/mol. The topological polar surface area (TPSA) is 99.5 Å². The van der Waals surface area contributed by atoms with Gasteiger partial charge in [0.2, 0.25) is 11.8 Å². The van der Waals surface area contributed by atoms with E-state index in [-0.39, 0.29) is 42.4 Å². The molecule has 3 aliphatic heterocycles. The number of halogens is 2. The van der Waals surface area contributed by atoms with Gasteiger partial charge in [-0.3, -0.25) is 14.6 Å². The van der Waals surface area contributed by atoms with Gasteiger partial charge in [0.1, 0.15) is 5.52 Å². The van der Waals surface area contributed by atoms with Crippen molar-refractivity contribution in [3.63, 3.8) is 0 Å². The highest BCUT2D eigenvalue weighted by atomic mass is 19.1. The summed E-state index contributed by atoms with van der Waals surface area (Å²) >= 11 is 0. The first-order chi connectivity index (χ1) is 25.1. The summed E-state index contributed by atoms with van der Waals surface area (Å²) in [5.74, 6) is -0.497. The number of carbonyl (C=O) groups is 2. The maximum Gasteiger partial charge on any atom is 0.238 e. The minimum absolute atomic E-state index is 0.0188. The average Bonchev–Trinajstić information content (AvgIpc) is 3.66. The molecule has 0 unspecified atom stereocenters. The lowest BCUT2D eigenvalue weighted by atomic mass is 9.73. The van der Waals surface area contributed by atoms with Gasteiger partial charge in [-0.05, 0) is 89.2 Å². The quantitative estimate of drug-likeness (QED) is 0.193. The van der Waals surface area contributed by atoms with E-state index >= 15 is 0 Å². The smallest absolute Gasteiger partial charge is 0.238 e. The number of carbonyl (C=O) groups excluding carboxylic acids is 2. The molecular weight excluding hydrogens is 662 g/mol. The van der Waals surface area contributed by atoms with E-state index in [2.05, 4.69) is 52.7 Å². The van der Waals surface area contributed by atoms with Gasteiger partial charge in [-0.25, -0.2) is 18.7 Å². The minimum Gasteiger partial charge on any atom is -0.343 e. The molecule has 8 rings (SSSR count). The fourth-order valence-corrected chi connectivity index (χ4v) is 8.78. The van der Waals surface area contributed by atoms with Crippen molar-refractivity contribution in [1.82, 2.24) is 29.3 Å². The molecule has 1 saturated carbocycles. The zero-order valence-corrected chi connectivity index (χ0v) is 30.0. The molecule has 0 bridgehead atoms. The molecule has 1 aliphatic carbocycles. The zero-order chi connectivity index (χ0) is 36.1. The molecule has 4 aromatic rings. The first kappa shape index (κ1) is 34.4. The Hall–Kier alpha value is -4.71. The van der Waals surface area contributed by atoms with Crippen LogP contribution in [-0.2, 0) is 15.0 Å². The van der Waals surface area contributed by atoms with E-state index < -0.39 is 17.1 Å².